The van der Waals surface area contributed by atoms with Gasteiger partial charge in [-0.05, 0) is 23.8 Å². The van der Waals surface area contributed by atoms with E-state index in [2.05, 4.69) is 10.3 Å². The van der Waals surface area contributed by atoms with E-state index in [1.807, 2.05) is 53.6 Å². The highest BCUT2D eigenvalue weighted by Crippen LogP contribution is 2.16. The van der Waals surface area contributed by atoms with Crippen LogP contribution in [0, 0.1) is 0 Å². The van der Waals surface area contributed by atoms with Crippen LogP contribution in [0.15, 0.2) is 48.7 Å². The lowest BCUT2D eigenvalue weighted by Gasteiger charge is -2.28. The summed E-state index contributed by atoms with van der Waals surface area (Å²) in [6, 6.07) is 13.8. The predicted molar refractivity (Wildman–Crippen MR) is 78.3 cm³/mol. The number of hydrogen-bond acceptors (Lipinski definition) is 3. The first-order valence-corrected chi connectivity index (χ1v) is 6.82. The number of aromatic nitrogens is 1. The van der Waals surface area contributed by atoms with Gasteiger partial charge in [-0.15, -0.1) is 0 Å². The van der Waals surface area contributed by atoms with E-state index in [9.17, 15) is 4.79 Å². The zero-order valence-corrected chi connectivity index (χ0v) is 11.2. The molecule has 0 atom stereocenters. The molecule has 102 valence electrons. The van der Waals surface area contributed by atoms with Gasteiger partial charge in [0.2, 0.25) is 5.91 Å². The molecule has 3 rings (SSSR count). The molecule has 4 nitrogen and oxygen atoms in total. The second kappa shape index (κ2) is 5.74. The van der Waals surface area contributed by atoms with E-state index in [1.54, 1.807) is 0 Å². The molecule has 1 amide bonds. The van der Waals surface area contributed by atoms with E-state index in [0.717, 1.165) is 29.9 Å². The topological polar surface area (TPSA) is 45.2 Å². The molecule has 4 heteroatoms. The number of carbonyl (C=O) groups excluding carboxylic acids is 1. The lowest BCUT2D eigenvalue weighted by molar-refractivity contribution is -0.130. The predicted octanol–water partition coefficient (Wildman–Crippen LogP) is 2.08. The number of anilines is 1. The van der Waals surface area contributed by atoms with Gasteiger partial charge in [0.05, 0.1) is 6.54 Å². The van der Waals surface area contributed by atoms with Gasteiger partial charge in [0.1, 0.15) is 0 Å². The van der Waals surface area contributed by atoms with Crippen molar-refractivity contribution in [2.45, 2.75) is 13.0 Å². The van der Waals surface area contributed by atoms with Crippen LogP contribution in [0.2, 0.25) is 0 Å². The monoisotopic (exact) mass is 267 g/mol. The molecular weight excluding hydrogens is 250 g/mol. The van der Waals surface area contributed by atoms with E-state index < -0.39 is 0 Å². The number of nitrogens with zero attached hydrogens (tertiary/aromatic N) is 2. The largest absolute Gasteiger partial charge is 0.376 e. The molecule has 2 heterocycles. The molecule has 1 aromatic heterocycles. The molecule has 0 saturated carbocycles. The first-order chi connectivity index (χ1) is 9.83. The molecule has 1 N–H and O–H groups in total. The van der Waals surface area contributed by atoms with Gasteiger partial charge in [-0.1, -0.05) is 24.3 Å². The summed E-state index contributed by atoms with van der Waals surface area (Å²) in [5.74, 6) is 0.128. The summed E-state index contributed by atoms with van der Waals surface area (Å²) in [7, 11) is 0. The van der Waals surface area contributed by atoms with Gasteiger partial charge in [-0.25, -0.2) is 0 Å². The summed E-state index contributed by atoms with van der Waals surface area (Å²) in [6.45, 7) is 1.75. The van der Waals surface area contributed by atoms with Crippen molar-refractivity contribution in [1.82, 2.24) is 9.88 Å². The number of pyridine rings is 1. The SMILES string of the molecule is O=C(CNc1ccccc1)N1CCc2ncccc2C1. The van der Waals surface area contributed by atoms with Gasteiger partial charge in [0.15, 0.2) is 0 Å². The highest BCUT2D eigenvalue weighted by molar-refractivity contribution is 5.81. The number of rotatable bonds is 3. The summed E-state index contributed by atoms with van der Waals surface area (Å²) in [5.41, 5.74) is 3.25. The number of nitrogens with one attached hydrogen (secondary N) is 1. The molecular formula is C16H17N3O. The van der Waals surface area contributed by atoms with E-state index in [-0.39, 0.29) is 5.91 Å². The van der Waals surface area contributed by atoms with Crippen molar-refractivity contribution >= 4 is 11.6 Å². The van der Waals surface area contributed by atoms with E-state index >= 15 is 0 Å². The number of fused-ring (bicyclic) bond motifs is 1. The fourth-order valence-corrected chi connectivity index (χ4v) is 2.42. The van der Waals surface area contributed by atoms with E-state index in [4.69, 9.17) is 0 Å². The lowest BCUT2D eigenvalue weighted by atomic mass is 10.1. The molecule has 0 bridgehead atoms. The molecule has 0 fully saturated rings. The van der Waals surface area contributed by atoms with Gasteiger partial charge in [-0.3, -0.25) is 9.78 Å². The van der Waals surface area contributed by atoms with Gasteiger partial charge < -0.3 is 10.2 Å². The maximum absolute atomic E-state index is 12.2. The van der Waals surface area contributed by atoms with Crippen molar-refractivity contribution in [2.24, 2.45) is 0 Å². The van der Waals surface area contributed by atoms with Crippen LogP contribution in [-0.4, -0.2) is 28.9 Å². The quantitative estimate of drug-likeness (QED) is 0.926. The Morgan fingerprint density at radius 2 is 2.05 bits per heavy atom. The second-order valence-corrected chi connectivity index (χ2v) is 4.89. The molecule has 2 aromatic rings. The molecule has 20 heavy (non-hydrogen) atoms. The highest BCUT2D eigenvalue weighted by Gasteiger charge is 2.20. The fourth-order valence-electron chi connectivity index (χ4n) is 2.42. The standard InChI is InChI=1S/C16H17N3O/c20-16(11-18-14-6-2-1-3-7-14)19-10-8-15-13(12-19)5-4-9-17-15/h1-7,9,18H,8,10-12H2. The summed E-state index contributed by atoms with van der Waals surface area (Å²) >= 11 is 0. The molecule has 1 aliphatic rings. The smallest absolute Gasteiger partial charge is 0.242 e. The van der Waals surface area contributed by atoms with Crippen LogP contribution < -0.4 is 5.32 Å². The van der Waals surface area contributed by atoms with E-state index in [1.165, 1.54) is 0 Å². The third kappa shape index (κ3) is 2.79. The van der Waals surface area contributed by atoms with Crippen LogP contribution in [-0.2, 0) is 17.8 Å². The number of amides is 1. The van der Waals surface area contributed by atoms with Crippen molar-refractivity contribution in [1.29, 1.82) is 0 Å². The average molecular weight is 267 g/mol. The maximum Gasteiger partial charge on any atom is 0.242 e. The van der Waals surface area contributed by atoms with Crippen molar-refractivity contribution in [3.8, 4) is 0 Å². The molecule has 1 aromatic carbocycles. The van der Waals surface area contributed by atoms with Crippen molar-refractivity contribution in [3.63, 3.8) is 0 Å². The Balaban J connectivity index is 1.59. The lowest BCUT2D eigenvalue weighted by Crippen LogP contribution is -2.39. The van der Waals surface area contributed by atoms with Gasteiger partial charge >= 0.3 is 0 Å². The van der Waals surface area contributed by atoms with E-state index in [0.29, 0.717) is 13.1 Å². The number of carbonyl (C=O) groups is 1. The Kier molecular flexibility index (Phi) is 3.63. The first-order valence-electron chi connectivity index (χ1n) is 6.82. The number of hydrogen-bond donors (Lipinski definition) is 1. The molecule has 0 aliphatic carbocycles. The molecule has 0 spiro atoms. The summed E-state index contributed by atoms with van der Waals surface area (Å²) in [6.07, 6.45) is 2.65. The molecule has 0 saturated heterocycles. The van der Waals surface area contributed by atoms with Crippen LogP contribution in [0.4, 0.5) is 5.69 Å². The Labute approximate surface area is 118 Å². The van der Waals surface area contributed by atoms with Crippen LogP contribution in [0.1, 0.15) is 11.3 Å². The third-order valence-electron chi connectivity index (χ3n) is 3.53. The Bertz CT molecular complexity index is 598. The van der Waals surface area contributed by atoms with Crippen molar-refractivity contribution in [3.05, 3.63) is 59.9 Å². The average Bonchev–Trinajstić information content (AvgIpc) is 2.53. The Morgan fingerprint density at radius 1 is 1.20 bits per heavy atom. The Hall–Kier alpha value is -2.36. The van der Waals surface area contributed by atoms with Crippen LogP contribution in [0.5, 0.6) is 0 Å². The molecule has 0 unspecified atom stereocenters. The van der Waals surface area contributed by atoms with Crippen molar-refractivity contribution < 1.29 is 4.79 Å². The van der Waals surface area contributed by atoms with Gasteiger partial charge in [0.25, 0.3) is 0 Å². The number of benzene rings is 1. The fraction of sp³-hybridized carbons (Fsp3) is 0.250. The minimum Gasteiger partial charge on any atom is -0.376 e. The Morgan fingerprint density at radius 3 is 2.90 bits per heavy atom. The van der Waals surface area contributed by atoms with Gasteiger partial charge in [0, 0.05) is 37.1 Å². The summed E-state index contributed by atoms with van der Waals surface area (Å²) < 4.78 is 0. The third-order valence-corrected chi connectivity index (χ3v) is 3.53. The highest BCUT2D eigenvalue weighted by atomic mass is 16.2. The number of para-hydroxylation sites is 1. The van der Waals surface area contributed by atoms with Crippen LogP contribution in [0.25, 0.3) is 0 Å². The molecule has 0 radical (unpaired) electrons. The second-order valence-electron chi connectivity index (χ2n) is 4.89. The van der Waals surface area contributed by atoms with Crippen LogP contribution >= 0.6 is 0 Å². The maximum atomic E-state index is 12.2. The van der Waals surface area contributed by atoms with Gasteiger partial charge in [-0.2, -0.15) is 0 Å². The molecule has 1 aliphatic heterocycles. The summed E-state index contributed by atoms with van der Waals surface area (Å²) in [5, 5.41) is 3.16. The van der Waals surface area contributed by atoms with Crippen LogP contribution in [0.3, 0.4) is 0 Å². The minimum absolute atomic E-state index is 0.128. The summed E-state index contributed by atoms with van der Waals surface area (Å²) in [4.78, 5) is 18.5. The zero-order chi connectivity index (χ0) is 13.8. The van der Waals surface area contributed by atoms with Crippen molar-refractivity contribution in [2.75, 3.05) is 18.4 Å². The normalized spacial score (nSPS) is 13.7. The zero-order valence-electron chi connectivity index (χ0n) is 11.2. The minimum atomic E-state index is 0.128. The first kappa shape index (κ1) is 12.7.